The topological polar surface area (TPSA) is 77.7 Å². The highest BCUT2D eigenvalue weighted by Gasteiger charge is 2.21. The normalized spacial score (nSPS) is 14.0. The van der Waals surface area contributed by atoms with E-state index < -0.39 is 0 Å². The first-order valence-electron chi connectivity index (χ1n) is 10.3. The van der Waals surface area contributed by atoms with Gasteiger partial charge in [0.05, 0.1) is 7.11 Å². The fraction of sp³-hybridized carbons (Fsp3) is 0.304. The highest BCUT2D eigenvalue weighted by Crippen LogP contribution is 2.22. The van der Waals surface area contributed by atoms with Crippen molar-refractivity contribution in [3.8, 4) is 5.75 Å². The molecule has 31 heavy (non-hydrogen) atoms. The molecule has 162 valence electrons. The Morgan fingerprint density at radius 3 is 2.65 bits per heavy atom. The van der Waals surface area contributed by atoms with Crippen LogP contribution in [0.1, 0.15) is 16.9 Å². The van der Waals surface area contributed by atoms with Crippen LogP contribution in [-0.4, -0.2) is 61.5 Å². The summed E-state index contributed by atoms with van der Waals surface area (Å²) in [5.41, 5.74) is 2.37. The average molecular weight is 441 g/mol. The third-order valence-electron chi connectivity index (χ3n) is 5.50. The molecule has 4 rings (SSSR count). The van der Waals surface area contributed by atoms with Crippen LogP contribution >= 0.6 is 11.6 Å². The molecule has 0 bridgehead atoms. The zero-order valence-corrected chi connectivity index (χ0v) is 18.1. The van der Waals surface area contributed by atoms with Crippen molar-refractivity contribution in [2.75, 3.05) is 44.7 Å². The maximum atomic E-state index is 12.5. The molecular formula is C23H25ClN4O3. The van der Waals surface area contributed by atoms with Gasteiger partial charge >= 0.3 is 0 Å². The van der Waals surface area contributed by atoms with Crippen LogP contribution in [-0.2, 0) is 4.79 Å². The number of nitrogens with zero attached hydrogens (tertiary/aromatic N) is 2. The highest BCUT2D eigenvalue weighted by molar-refractivity contribution is 6.30. The van der Waals surface area contributed by atoms with Crippen molar-refractivity contribution >= 4 is 40.0 Å². The summed E-state index contributed by atoms with van der Waals surface area (Å²) >= 11 is 6.07. The molecule has 0 atom stereocenters. The Bertz CT molecular complexity index is 1090. The van der Waals surface area contributed by atoms with E-state index in [-0.39, 0.29) is 18.2 Å². The molecule has 2 heterocycles. The third kappa shape index (κ3) is 4.94. The standard InChI is InChI=1S/C23H25ClN4O3/c1-31-19-6-5-16-13-21(26-20(16)15-19)23(30)25-8-7-22(29)28-11-9-27(10-12-28)18-4-2-3-17(24)14-18/h2-6,13-15,26H,7-12H2,1H3,(H,25,30). The van der Waals surface area contributed by atoms with Gasteiger partial charge in [-0.15, -0.1) is 0 Å². The summed E-state index contributed by atoms with van der Waals surface area (Å²) in [6, 6.07) is 15.1. The van der Waals surface area contributed by atoms with Gasteiger partial charge in [-0.1, -0.05) is 17.7 Å². The molecule has 0 unspecified atom stereocenters. The second-order valence-corrected chi connectivity index (χ2v) is 7.93. The Hall–Kier alpha value is -3.19. The van der Waals surface area contributed by atoms with Gasteiger partial charge in [-0.05, 0) is 36.4 Å². The van der Waals surface area contributed by atoms with Gasteiger partial charge in [0.25, 0.3) is 5.91 Å². The second-order valence-electron chi connectivity index (χ2n) is 7.49. The van der Waals surface area contributed by atoms with Crippen molar-refractivity contribution < 1.29 is 14.3 Å². The number of nitrogens with one attached hydrogen (secondary N) is 2. The number of benzene rings is 2. The number of carbonyl (C=O) groups is 2. The molecule has 7 nitrogen and oxygen atoms in total. The van der Waals surface area contributed by atoms with E-state index in [1.807, 2.05) is 47.4 Å². The number of fused-ring (bicyclic) bond motifs is 1. The molecule has 2 N–H and O–H groups in total. The number of methoxy groups -OCH3 is 1. The number of hydrogen-bond donors (Lipinski definition) is 2. The summed E-state index contributed by atoms with van der Waals surface area (Å²) in [5.74, 6) is 0.545. The van der Waals surface area contributed by atoms with Gasteiger partial charge in [0.1, 0.15) is 11.4 Å². The number of ether oxygens (including phenoxy) is 1. The van der Waals surface area contributed by atoms with Gasteiger partial charge in [0, 0.05) is 66.8 Å². The number of amides is 2. The number of piperazine rings is 1. The molecule has 8 heteroatoms. The lowest BCUT2D eigenvalue weighted by molar-refractivity contribution is -0.131. The summed E-state index contributed by atoms with van der Waals surface area (Å²) in [5, 5.41) is 4.46. The molecule has 2 amide bonds. The van der Waals surface area contributed by atoms with Crippen molar-refractivity contribution in [2.24, 2.45) is 0 Å². The van der Waals surface area contributed by atoms with Crippen LogP contribution in [0.2, 0.25) is 5.02 Å². The fourth-order valence-electron chi connectivity index (χ4n) is 3.78. The van der Waals surface area contributed by atoms with Crippen LogP contribution in [0.15, 0.2) is 48.5 Å². The Balaban J connectivity index is 1.24. The number of aromatic nitrogens is 1. The number of halogens is 1. The van der Waals surface area contributed by atoms with E-state index in [9.17, 15) is 9.59 Å². The number of aromatic amines is 1. The summed E-state index contributed by atoms with van der Waals surface area (Å²) < 4.78 is 5.21. The lowest BCUT2D eigenvalue weighted by Gasteiger charge is -2.36. The molecule has 1 aliphatic heterocycles. The van der Waals surface area contributed by atoms with E-state index in [1.165, 1.54) is 0 Å². The molecule has 0 spiro atoms. The smallest absolute Gasteiger partial charge is 0.267 e. The van der Waals surface area contributed by atoms with Crippen LogP contribution in [0.4, 0.5) is 5.69 Å². The lowest BCUT2D eigenvalue weighted by atomic mass is 10.2. The fourth-order valence-corrected chi connectivity index (χ4v) is 3.96. The SMILES string of the molecule is COc1ccc2cc(C(=O)NCCC(=O)N3CCN(c4cccc(Cl)c4)CC3)[nH]c2c1. The van der Waals surface area contributed by atoms with Crippen LogP contribution in [0, 0.1) is 0 Å². The van der Waals surface area contributed by atoms with E-state index in [0.29, 0.717) is 30.4 Å². The molecule has 1 saturated heterocycles. The summed E-state index contributed by atoms with van der Waals surface area (Å²) in [6.45, 7) is 3.13. The first-order chi connectivity index (χ1) is 15.0. The third-order valence-corrected chi connectivity index (χ3v) is 5.74. The predicted octanol–water partition coefficient (Wildman–Crippen LogP) is 3.30. The van der Waals surface area contributed by atoms with E-state index in [4.69, 9.17) is 16.3 Å². The number of H-pyrrole nitrogens is 1. The maximum Gasteiger partial charge on any atom is 0.267 e. The first kappa shape index (κ1) is 21.1. The molecule has 0 saturated carbocycles. The van der Waals surface area contributed by atoms with E-state index in [1.54, 1.807) is 13.2 Å². The summed E-state index contributed by atoms with van der Waals surface area (Å²) in [7, 11) is 1.60. The maximum absolute atomic E-state index is 12.5. The van der Waals surface area contributed by atoms with Crippen molar-refractivity contribution in [2.45, 2.75) is 6.42 Å². The Morgan fingerprint density at radius 1 is 1.10 bits per heavy atom. The second kappa shape index (κ2) is 9.31. The molecule has 2 aromatic carbocycles. The molecule has 0 radical (unpaired) electrons. The number of carbonyl (C=O) groups excluding carboxylic acids is 2. The van der Waals surface area contributed by atoms with E-state index in [2.05, 4.69) is 15.2 Å². The van der Waals surface area contributed by atoms with Crippen LogP contribution < -0.4 is 15.0 Å². The molecule has 1 aliphatic rings. The van der Waals surface area contributed by atoms with Gasteiger partial charge in [0.2, 0.25) is 5.91 Å². The van der Waals surface area contributed by atoms with Crippen LogP contribution in [0.5, 0.6) is 5.75 Å². The van der Waals surface area contributed by atoms with Crippen molar-refractivity contribution in [1.29, 1.82) is 0 Å². The van der Waals surface area contributed by atoms with Crippen molar-refractivity contribution in [3.63, 3.8) is 0 Å². The zero-order chi connectivity index (χ0) is 21.8. The minimum absolute atomic E-state index is 0.0485. The predicted molar refractivity (Wildman–Crippen MR) is 122 cm³/mol. The first-order valence-corrected chi connectivity index (χ1v) is 10.6. The van der Waals surface area contributed by atoms with Gasteiger partial charge in [-0.2, -0.15) is 0 Å². The molecular weight excluding hydrogens is 416 g/mol. The number of anilines is 1. The highest BCUT2D eigenvalue weighted by atomic mass is 35.5. The molecule has 1 fully saturated rings. The summed E-state index contributed by atoms with van der Waals surface area (Å²) in [6.07, 6.45) is 0.275. The van der Waals surface area contributed by atoms with E-state index in [0.717, 1.165) is 35.4 Å². The van der Waals surface area contributed by atoms with Gasteiger partial charge in [-0.25, -0.2) is 0 Å². The summed E-state index contributed by atoms with van der Waals surface area (Å²) in [4.78, 5) is 32.1. The largest absolute Gasteiger partial charge is 0.497 e. The van der Waals surface area contributed by atoms with Gasteiger partial charge < -0.3 is 24.8 Å². The van der Waals surface area contributed by atoms with Gasteiger partial charge in [0.15, 0.2) is 0 Å². The molecule has 1 aromatic heterocycles. The Labute approximate surface area is 185 Å². The molecule has 0 aliphatic carbocycles. The number of rotatable bonds is 6. The van der Waals surface area contributed by atoms with Crippen LogP contribution in [0.3, 0.4) is 0 Å². The minimum Gasteiger partial charge on any atom is -0.497 e. The monoisotopic (exact) mass is 440 g/mol. The average Bonchev–Trinajstić information content (AvgIpc) is 3.22. The zero-order valence-electron chi connectivity index (χ0n) is 17.4. The minimum atomic E-state index is -0.228. The van der Waals surface area contributed by atoms with Crippen LogP contribution in [0.25, 0.3) is 10.9 Å². The Morgan fingerprint density at radius 2 is 1.90 bits per heavy atom. The molecule has 3 aromatic rings. The Kier molecular flexibility index (Phi) is 6.32. The quantitative estimate of drug-likeness (QED) is 0.616. The van der Waals surface area contributed by atoms with E-state index >= 15 is 0 Å². The van der Waals surface area contributed by atoms with Gasteiger partial charge in [-0.3, -0.25) is 9.59 Å². The van der Waals surface area contributed by atoms with Crippen molar-refractivity contribution in [1.82, 2.24) is 15.2 Å². The number of hydrogen-bond acceptors (Lipinski definition) is 4. The van der Waals surface area contributed by atoms with Crippen molar-refractivity contribution in [3.05, 3.63) is 59.2 Å². The lowest BCUT2D eigenvalue weighted by Crippen LogP contribution is -2.49.